The molecule has 4 aromatic rings. The van der Waals surface area contributed by atoms with Crippen molar-refractivity contribution in [3.63, 3.8) is 0 Å². The van der Waals surface area contributed by atoms with Gasteiger partial charge in [-0.15, -0.1) is 0 Å². The second kappa shape index (κ2) is 6.32. The van der Waals surface area contributed by atoms with Gasteiger partial charge in [-0.25, -0.2) is 4.85 Å². The maximum atomic E-state index is 13.4. The van der Waals surface area contributed by atoms with E-state index in [1.54, 1.807) is 16.8 Å². The Hall–Kier alpha value is -3.53. The zero-order chi connectivity index (χ0) is 19.0. The lowest BCUT2D eigenvalue weighted by Crippen LogP contribution is -2.06. The Bertz CT molecular complexity index is 1150. The van der Waals surface area contributed by atoms with E-state index in [0.717, 1.165) is 5.56 Å². The summed E-state index contributed by atoms with van der Waals surface area (Å²) < 4.78 is 47.2. The Kier molecular flexibility index (Phi) is 3.96. The molecule has 0 atom stereocenters. The Balaban J connectivity index is 1.72. The topological polar surface area (TPSA) is 35.3 Å². The van der Waals surface area contributed by atoms with Crippen LogP contribution in [0.4, 0.5) is 18.9 Å². The third kappa shape index (κ3) is 3.06. The smallest absolute Gasteiger partial charge is 0.359 e. The van der Waals surface area contributed by atoms with Crippen molar-refractivity contribution >= 4 is 16.6 Å². The largest absolute Gasteiger partial charge is 0.408 e. The van der Waals surface area contributed by atoms with Crippen molar-refractivity contribution in [1.29, 1.82) is 0 Å². The zero-order valence-corrected chi connectivity index (χ0v) is 13.9. The number of fused-ring (bicyclic) bond motifs is 1. The fourth-order valence-electron chi connectivity index (χ4n) is 3.09. The lowest BCUT2D eigenvalue weighted by molar-refractivity contribution is -0.135. The predicted octanol–water partition coefficient (Wildman–Crippen LogP) is 5.91. The molecular formula is C20H12F3N3O. The van der Waals surface area contributed by atoms with Crippen LogP contribution in [0.2, 0.25) is 0 Å². The number of nitrogens with zero attached hydrogens (tertiary/aromatic N) is 3. The molecule has 134 valence electrons. The van der Waals surface area contributed by atoms with E-state index in [1.165, 1.54) is 18.2 Å². The van der Waals surface area contributed by atoms with Gasteiger partial charge in [0.15, 0.2) is 11.4 Å². The van der Waals surface area contributed by atoms with Gasteiger partial charge in [-0.3, -0.25) is 0 Å². The van der Waals surface area contributed by atoms with Crippen LogP contribution in [-0.4, -0.2) is 9.72 Å². The maximum absolute atomic E-state index is 13.4. The Morgan fingerprint density at radius 2 is 1.85 bits per heavy atom. The summed E-state index contributed by atoms with van der Waals surface area (Å²) in [6.07, 6.45) is -3.05. The summed E-state index contributed by atoms with van der Waals surface area (Å²) in [5, 5.41) is 4.02. The SMILES string of the molecule is [C-]#[N+]c1ccc2c(ccn2Cc2cc(-c3ccccc3)no2)c1C(F)(F)F. The molecule has 2 aromatic carbocycles. The second-order valence-electron chi connectivity index (χ2n) is 5.99. The van der Waals surface area contributed by atoms with Gasteiger partial charge < -0.3 is 9.09 Å². The molecule has 0 unspecified atom stereocenters. The molecule has 2 aromatic heterocycles. The van der Waals surface area contributed by atoms with E-state index in [0.29, 0.717) is 17.0 Å². The van der Waals surface area contributed by atoms with Gasteiger partial charge in [-0.1, -0.05) is 41.6 Å². The highest BCUT2D eigenvalue weighted by Gasteiger charge is 2.36. The van der Waals surface area contributed by atoms with Crippen molar-refractivity contribution in [2.45, 2.75) is 12.7 Å². The number of aromatic nitrogens is 2. The number of halogens is 3. The van der Waals surface area contributed by atoms with Gasteiger partial charge >= 0.3 is 6.18 Å². The minimum absolute atomic E-state index is 0.00111. The zero-order valence-electron chi connectivity index (χ0n) is 13.9. The van der Waals surface area contributed by atoms with Crippen molar-refractivity contribution in [1.82, 2.24) is 9.72 Å². The van der Waals surface area contributed by atoms with Gasteiger partial charge in [0.05, 0.1) is 18.7 Å². The quantitative estimate of drug-likeness (QED) is 0.422. The molecule has 0 aliphatic rings. The molecule has 0 aliphatic heterocycles. The van der Waals surface area contributed by atoms with E-state index >= 15 is 0 Å². The normalized spacial score (nSPS) is 11.6. The van der Waals surface area contributed by atoms with Crippen LogP contribution >= 0.6 is 0 Å². The van der Waals surface area contributed by atoms with Crippen molar-refractivity contribution in [2.75, 3.05) is 0 Å². The highest BCUT2D eigenvalue weighted by atomic mass is 19.4. The molecule has 0 fully saturated rings. The predicted molar refractivity (Wildman–Crippen MR) is 94.2 cm³/mol. The number of hydrogen-bond donors (Lipinski definition) is 0. The van der Waals surface area contributed by atoms with Crippen LogP contribution < -0.4 is 0 Å². The first kappa shape index (κ1) is 16.9. The summed E-state index contributed by atoms with van der Waals surface area (Å²) in [4.78, 5) is 3.01. The molecule has 4 rings (SSSR count). The molecular weight excluding hydrogens is 355 g/mol. The summed E-state index contributed by atoms with van der Waals surface area (Å²) in [6, 6.07) is 15.3. The standard InChI is InChI=1S/C20H12F3N3O/c1-24-16-7-8-18-15(19(16)20(21,22)23)9-10-26(18)12-14-11-17(25-27-14)13-5-3-2-4-6-13/h2-11H,12H2. The molecule has 0 saturated heterocycles. The molecule has 4 nitrogen and oxygen atoms in total. The van der Waals surface area contributed by atoms with Crippen LogP contribution in [0.3, 0.4) is 0 Å². The first-order chi connectivity index (χ1) is 13.0. The first-order valence-corrected chi connectivity index (χ1v) is 8.05. The Morgan fingerprint density at radius 1 is 1.07 bits per heavy atom. The van der Waals surface area contributed by atoms with E-state index in [4.69, 9.17) is 11.1 Å². The van der Waals surface area contributed by atoms with Gasteiger partial charge in [-0.05, 0) is 12.1 Å². The van der Waals surface area contributed by atoms with Gasteiger partial charge in [0.1, 0.15) is 5.69 Å². The summed E-state index contributed by atoms with van der Waals surface area (Å²) in [5.41, 5.74) is 0.627. The van der Waals surface area contributed by atoms with E-state index in [1.807, 2.05) is 30.3 Å². The van der Waals surface area contributed by atoms with Crippen LogP contribution in [-0.2, 0) is 12.7 Å². The average Bonchev–Trinajstić information content (AvgIpc) is 3.28. The average molecular weight is 367 g/mol. The number of rotatable bonds is 3. The molecule has 27 heavy (non-hydrogen) atoms. The molecule has 2 heterocycles. The van der Waals surface area contributed by atoms with E-state index in [-0.39, 0.29) is 11.9 Å². The van der Waals surface area contributed by atoms with Gasteiger partial charge in [-0.2, -0.15) is 13.2 Å². The van der Waals surface area contributed by atoms with Crippen LogP contribution in [0.25, 0.3) is 27.0 Å². The van der Waals surface area contributed by atoms with Crippen molar-refractivity contribution in [2.24, 2.45) is 0 Å². The molecule has 0 radical (unpaired) electrons. The minimum Gasteiger partial charge on any atom is -0.359 e. The lowest BCUT2D eigenvalue weighted by atomic mass is 10.1. The Morgan fingerprint density at radius 3 is 2.56 bits per heavy atom. The summed E-state index contributed by atoms with van der Waals surface area (Å²) in [7, 11) is 0. The van der Waals surface area contributed by atoms with Crippen LogP contribution in [0.5, 0.6) is 0 Å². The van der Waals surface area contributed by atoms with Crippen molar-refractivity contribution in [3.8, 4) is 11.3 Å². The lowest BCUT2D eigenvalue weighted by Gasteiger charge is -2.11. The summed E-state index contributed by atoms with van der Waals surface area (Å²) >= 11 is 0. The highest BCUT2D eigenvalue weighted by Crippen LogP contribution is 2.41. The molecule has 0 aliphatic carbocycles. The van der Waals surface area contributed by atoms with Crippen LogP contribution in [0, 0.1) is 6.57 Å². The van der Waals surface area contributed by atoms with Gasteiger partial charge in [0.2, 0.25) is 0 Å². The molecule has 0 amide bonds. The van der Waals surface area contributed by atoms with Crippen molar-refractivity contribution < 1.29 is 17.7 Å². The van der Waals surface area contributed by atoms with Crippen LogP contribution in [0.15, 0.2) is 65.3 Å². The van der Waals surface area contributed by atoms with Gasteiger partial charge in [0.25, 0.3) is 0 Å². The summed E-state index contributed by atoms with van der Waals surface area (Å²) in [6.45, 7) is 7.24. The molecule has 0 bridgehead atoms. The first-order valence-electron chi connectivity index (χ1n) is 8.05. The highest BCUT2D eigenvalue weighted by molar-refractivity contribution is 5.89. The van der Waals surface area contributed by atoms with E-state index in [9.17, 15) is 13.2 Å². The monoisotopic (exact) mass is 367 g/mol. The van der Waals surface area contributed by atoms with Crippen LogP contribution in [0.1, 0.15) is 11.3 Å². The number of hydrogen-bond acceptors (Lipinski definition) is 2. The number of benzene rings is 2. The molecule has 0 spiro atoms. The molecule has 0 saturated carbocycles. The second-order valence-corrected chi connectivity index (χ2v) is 5.99. The van der Waals surface area contributed by atoms with E-state index < -0.39 is 17.4 Å². The Labute approximate surface area is 152 Å². The molecule has 7 heteroatoms. The van der Waals surface area contributed by atoms with Crippen molar-refractivity contribution in [3.05, 3.63) is 83.5 Å². The summed E-state index contributed by atoms with van der Waals surface area (Å²) in [5.74, 6) is 0.522. The maximum Gasteiger partial charge on any atom is 0.408 e. The third-order valence-electron chi connectivity index (χ3n) is 4.29. The van der Waals surface area contributed by atoms with Gasteiger partial charge in [0, 0.05) is 28.7 Å². The fourth-order valence-corrected chi connectivity index (χ4v) is 3.09. The minimum atomic E-state index is -4.60. The fraction of sp³-hybridized carbons (Fsp3) is 0.100. The third-order valence-corrected chi connectivity index (χ3v) is 4.29. The van der Waals surface area contributed by atoms with E-state index in [2.05, 4.69) is 10.0 Å². The molecule has 0 N–H and O–H groups in total. The number of alkyl halides is 3.